The molecule has 0 radical (unpaired) electrons. The number of amides is 1. The summed E-state index contributed by atoms with van der Waals surface area (Å²) in [6.45, 7) is 2.98. The number of nitrogens with one attached hydrogen (secondary N) is 2. The van der Waals surface area contributed by atoms with Crippen LogP contribution in [-0.4, -0.2) is 65.5 Å². The Morgan fingerprint density at radius 3 is 2.78 bits per heavy atom. The molecule has 0 bridgehead atoms. The normalized spacial score (nSPS) is 14.8. The third-order valence-electron chi connectivity index (χ3n) is 5.89. The number of carbonyl (C=O) groups is 1. The summed E-state index contributed by atoms with van der Waals surface area (Å²) in [5.74, 6) is 0.761. The molecule has 1 aliphatic rings. The lowest BCUT2D eigenvalue weighted by Gasteiger charge is -2.24. The molecule has 0 spiro atoms. The van der Waals surface area contributed by atoms with Crippen LogP contribution < -0.4 is 15.4 Å². The van der Waals surface area contributed by atoms with Crippen LogP contribution in [0.2, 0.25) is 0 Å². The van der Waals surface area contributed by atoms with Crippen molar-refractivity contribution >= 4 is 6.09 Å². The highest BCUT2D eigenvalue weighted by Gasteiger charge is 2.24. The quantitative estimate of drug-likeness (QED) is 0.292. The van der Waals surface area contributed by atoms with Gasteiger partial charge in [-0.2, -0.15) is 5.10 Å². The number of nitrogens with zero attached hydrogens (tertiary/aromatic N) is 3. The second-order valence-electron chi connectivity index (χ2n) is 8.41. The molecule has 2 heterocycles. The standard InChI is InChI=1S/C26H33N5O5/c32-26(33)28-11-12-34-13-14-35-15-16-36-22-7-3-6-21(17-22)31-25-9-4-8-24(23(25)19-30-31)29-18-20-5-1-2-10-27-20/h1-3,5-7,10,17,19,24,28-29H,4,8-9,11-16,18H2,(H,32,33). The van der Waals surface area contributed by atoms with Crippen molar-refractivity contribution in [3.05, 3.63) is 71.8 Å². The molecule has 3 aromatic rings. The van der Waals surface area contributed by atoms with Gasteiger partial charge in [0.05, 0.1) is 44.0 Å². The average molecular weight is 496 g/mol. The lowest BCUT2D eigenvalue weighted by molar-refractivity contribution is 0.0373. The monoisotopic (exact) mass is 495 g/mol. The Morgan fingerprint density at radius 2 is 1.94 bits per heavy atom. The Morgan fingerprint density at radius 1 is 1.08 bits per heavy atom. The van der Waals surface area contributed by atoms with E-state index in [0.717, 1.165) is 42.9 Å². The third-order valence-corrected chi connectivity index (χ3v) is 5.89. The molecular weight excluding hydrogens is 462 g/mol. The number of aromatic nitrogens is 3. The lowest BCUT2D eigenvalue weighted by Crippen LogP contribution is -2.25. The zero-order valence-corrected chi connectivity index (χ0v) is 20.3. The van der Waals surface area contributed by atoms with Crippen LogP contribution in [0.25, 0.3) is 5.69 Å². The molecule has 0 fully saturated rings. The Labute approximate surface area is 210 Å². The average Bonchev–Trinajstić information content (AvgIpc) is 3.34. The second-order valence-corrected chi connectivity index (χ2v) is 8.41. The van der Waals surface area contributed by atoms with E-state index in [1.165, 1.54) is 11.3 Å². The van der Waals surface area contributed by atoms with Gasteiger partial charge < -0.3 is 30.0 Å². The predicted molar refractivity (Wildman–Crippen MR) is 133 cm³/mol. The van der Waals surface area contributed by atoms with Crippen LogP contribution in [0.5, 0.6) is 5.75 Å². The molecule has 3 N–H and O–H groups in total. The zero-order valence-electron chi connectivity index (χ0n) is 20.3. The molecule has 1 aliphatic carbocycles. The smallest absolute Gasteiger partial charge is 0.404 e. The van der Waals surface area contributed by atoms with Gasteiger partial charge in [0, 0.05) is 42.7 Å². The van der Waals surface area contributed by atoms with E-state index in [1.54, 1.807) is 0 Å². The van der Waals surface area contributed by atoms with E-state index < -0.39 is 6.09 Å². The minimum Gasteiger partial charge on any atom is -0.491 e. The van der Waals surface area contributed by atoms with E-state index in [9.17, 15) is 4.79 Å². The maximum Gasteiger partial charge on any atom is 0.404 e. The fourth-order valence-corrected chi connectivity index (χ4v) is 4.20. The van der Waals surface area contributed by atoms with E-state index in [0.29, 0.717) is 33.0 Å². The highest BCUT2D eigenvalue weighted by Crippen LogP contribution is 2.31. The van der Waals surface area contributed by atoms with Gasteiger partial charge in [-0.15, -0.1) is 0 Å². The molecular formula is C26H33N5O5. The molecule has 36 heavy (non-hydrogen) atoms. The fraction of sp³-hybridized carbons (Fsp3) is 0.423. The van der Waals surface area contributed by atoms with E-state index in [-0.39, 0.29) is 12.6 Å². The number of rotatable bonds is 14. The second kappa shape index (κ2) is 13.6. The van der Waals surface area contributed by atoms with Gasteiger partial charge in [0.1, 0.15) is 12.4 Å². The number of pyridine rings is 1. The van der Waals surface area contributed by atoms with Gasteiger partial charge in [-0.3, -0.25) is 4.98 Å². The number of carboxylic acid groups (broad SMARTS) is 1. The van der Waals surface area contributed by atoms with Crippen LogP contribution in [-0.2, 0) is 22.4 Å². The summed E-state index contributed by atoms with van der Waals surface area (Å²) in [6.07, 6.45) is 5.92. The summed E-state index contributed by atoms with van der Waals surface area (Å²) in [6, 6.07) is 14.2. The van der Waals surface area contributed by atoms with Gasteiger partial charge in [-0.25, -0.2) is 9.48 Å². The van der Waals surface area contributed by atoms with E-state index in [1.807, 2.05) is 59.5 Å². The highest BCUT2D eigenvalue weighted by atomic mass is 16.5. The molecule has 1 aromatic carbocycles. The van der Waals surface area contributed by atoms with Crippen molar-refractivity contribution in [3.63, 3.8) is 0 Å². The van der Waals surface area contributed by atoms with E-state index in [4.69, 9.17) is 24.4 Å². The SMILES string of the molecule is O=C(O)NCCOCCOCCOc1cccc(-n2ncc3c2CCCC3NCc2ccccn2)c1. The maximum absolute atomic E-state index is 10.3. The maximum atomic E-state index is 10.3. The lowest BCUT2D eigenvalue weighted by atomic mass is 9.93. The van der Waals surface area contributed by atoms with Crippen LogP contribution in [0, 0.1) is 0 Å². The molecule has 10 heteroatoms. The number of benzene rings is 1. The highest BCUT2D eigenvalue weighted by molar-refractivity contribution is 5.64. The van der Waals surface area contributed by atoms with Crippen LogP contribution in [0.3, 0.4) is 0 Å². The van der Waals surface area contributed by atoms with Crippen molar-refractivity contribution in [1.29, 1.82) is 0 Å². The fourth-order valence-electron chi connectivity index (χ4n) is 4.20. The topological polar surface area (TPSA) is 120 Å². The largest absolute Gasteiger partial charge is 0.491 e. The van der Waals surface area contributed by atoms with Gasteiger partial charge in [0.2, 0.25) is 0 Å². The van der Waals surface area contributed by atoms with Crippen molar-refractivity contribution in [2.24, 2.45) is 0 Å². The van der Waals surface area contributed by atoms with Crippen LogP contribution in [0.4, 0.5) is 4.79 Å². The summed E-state index contributed by atoms with van der Waals surface area (Å²) in [5, 5.41) is 19.1. The summed E-state index contributed by atoms with van der Waals surface area (Å²) in [4.78, 5) is 14.8. The Bertz CT molecular complexity index is 1090. The van der Waals surface area contributed by atoms with Gasteiger partial charge in [-0.05, 0) is 43.5 Å². The molecule has 1 amide bonds. The number of ether oxygens (including phenoxy) is 3. The Kier molecular flexibility index (Phi) is 9.66. The molecule has 2 aromatic heterocycles. The molecule has 192 valence electrons. The van der Waals surface area contributed by atoms with Crippen molar-refractivity contribution < 1.29 is 24.1 Å². The first-order valence-corrected chi connectivity index (χ1v) is 12.3. The van der Waals surface area contributed by atoms with Gasteiger partial charge in [-0.1, -0.05) is 12.1 Å². The summed E-state index contributed by atoms with van der Waals surface area (Å²) < 4.78 is 18.7. The van der Waals surface area contributed by atoms with Crippen molar-refractivity contribution in [2.45, 2.75) is 31.8 Å². The zero-order chi connectivity index (χ0) is 25.0. The summed E-state index contributed by atoms with van der Waals surface area (Å²) in [5.41, 5.74) is 4.49. The molecule has 1 atom stereocenters. The number of hydrogen-bond acceptors (Lipinski definition) is 7. The van der Waals surface area contributed by atoms with Gasteiger partial charge >= 0.3 is 6.09 Å². The van der Waals surface area contributed by atoms with Gasteiger partial charge in [0.15, 0.2) is 0 Å². The molecule has 4 rings (SSSR count). The first kappa shape index (κ1) is 25.6. The number of fused-ring (bicyclic) bond motifs is 1. The predicted octanol–water partition coefficient (Wildman–Crippen LogP) is 3.11. The van der Waals surface area contributed by atoms with E-state index >= 15 is 0 Å². The van der Waals surface area contributed by atoms with Crippen LogP contribution in [0.15, 0.2) is 54.9 Å². The molecule has 1 unspecified atom stereocenters. The first-order chi connectivity index (χ1) is 17.7. The summed E-state index contributed by atoms with van der Waals surface area (Å²) in [7, 11) is 0. The molecule has 0 aliphatic heterocycles. The minimum absolute atomic E-state index is 0.260. The van der Waals surface area contributed by atoms with Crippen LogP contribution >= 0.6 is 0 Å². The molecule has 10 nitrogen and oxygen atoms in total. The third kappa shape index (κ3) is 7.51. The van der Waals surface area contributed by atoms with Crippen molar-refractivity contribution in [3.8, 4) is 11.4 Å². The number of hydrogen-bond donors (Lipinski definition) is 3. The van der Waals surface area contributed by atoms with Crippen molar-refractivity contribution in [1.82, 2.24) is 25.4 Å². The molecule has 0 saturated heterocycles. The van der Waals surface area contributed by atoms with Gasteiger partial charge in [0.25, 0.3) is 0 Å². The minimum atomic E-state index is -1.05. The summed E-state index contributed by atoms with van der Waals surface area (Å²) >= 11 is 0. The Balaban J connectivity index is 1.24. The molecule has 0 saturated carbocycles. The van der Waals surface area contributed by atoms with E-state index in [2.05, 4.69) is 15.6 Å². The van der Waals surface area contributed by atoms with Crippen molar-refractivity contribution in [2.75, 3.05) is 39.6 Å². The first-order valence-electron chi connectivity index (χ1n) is 12.3. The Hall–Kier alpha value is -3.47. The van der Waals surface area contributed by atoms with Crippen LogP contribution in [0.1, 0.15) is 35.8 Å².